The van der Waals surface area contributed by atoms with E-state index in [2.05, 4.69) is 30.9 Å². The highest BCUT2D eigenvalue weighted by Gasteiger charge is 2.48. The van der Waals surface area contributed by atoms with Gasteiger partial charge in [-0.1, -0.05) is 50.6 Å². The summed E-state index contributed by atoms with van der Waals surface area (Å²) >= 11 is 0. The molecule has 0 amide bonds. The first kappa shape index (κ1) is 16.0. The van der Waals surface area contributed by atoms with Crippen LogP contribution in [0.2, 0.25) is 0 Å². The van der Waals surface area contributed by atoms with Gasteiger partial charge in [0, 0.05) is 19.4 Å². The normalized spacial score (nSPS) is 26.0. The standard InChI is InChI=1S/C18H27NO2/c1-4-6-13-19-14-12-18(15(19)3,21-17(20)5-2)16-10-8-7-9-11-16/h7-11,15H,4-6,12-14H2,1-3H3/t15-,18+/m1/s1. The number of rotatable bonds is 6. The zero-order valence-corrected chi connectivity index (χ0v) is 13.5. The number of carbonyl (C=O) groups excluding carboxylic acids is 1. The van der Waals surface area contributed by atoms with Gasteiger partial charge in [0.2, 0.25) is 0 Å². The number of hydrogen-bond donors (Lipinski definition) is 0. The Bertz CT molecular complexity index is 460. The molecule has 1 aromatic rings. The zero-order chi connectivity index (χ0) is 15.3. The van der Waals surface area contributed by atoms with E-state index >= 15 is 0 Å². The van der Waals surface area contributed by atoms with Crippen molar-refractivity contribution in [3.63, 3.8) is 0 Å². The number of benzene rings is 1. The van der Waals surface area contributed by atoms with Gasteiger partial charge in [-0.25, -0.2) is 0 Å². The Morgan fingerprint density at radius 3 is 2.67 bits per heavy atom. The van der Waals surface area contributed by atoms with Crippen LogP contribution in [0.25, 0.3) is 0 Å². The topological polar surface area (TPSA) is 29.5 Å². The van der Waals surface area contributed by atoms with Crippen LogP contribution in [0.3, 0.4) is 0 Å². The van der Waals surface area contributed by atoms with Crippen molar-refractivity contribution in [1.29, 1.82) is 0 Å². The largest absolute Gasteiger partial charge is 0.452 e. The molecule has 1 saturated heterocycles. The number of unbranched alkanes of at least 4 members (excludes halogenated alkanes) is 1. The van der Waals surface area contributed by atoms with Crippen LogP contribution in [0.15, 0.2) is 30.3 Å². The summed E-state index contributed by atoms with van der Waals surface area (Å²) in [5, 5.41) is 0. The van der Waals surface area contributed by atoms with E-state index in [9.17, 15) is 4.79 Å². The predicted molar refractivity (Wildman–Crippen MR) is 85.1 cm³/mol. The molecule has 0 aliphatic carbocycles. The Morgan fingerprint density at radius 1 is 1.33 bits per heavy atom. The number of esters is 1. The summed E-state index contributed by atoms with van der Waals surface area (Å²) in [6.07, 6.45) is 3.69. The Hall–Kier alpha value is -1.35. The SMILES string of the molecule is CCCCN1CC[C@@](OC(=O)CC)(c2ccccc2)[C@H]1C. The highest BCUT2D eigenvalue weighted by Crippen LogP contribution is 2.41. The Balaban J connectivity index is 2.27. The molecule has 0 bridgehead atoms. The quantitative estimate of drug-likeness (QED) is 0.747. The van der Waals surface area contributed by atoms with E-state index in [-0.39, 0.29) is 12.0 Å². The molecule has 116 valence electrons. The maximum atomic E-state index is 12.0. The van der Waals surface area contributed by atoms with E-state index < -0.39 is 5.60 Å². The highest BCUT2D eigenvalue weighted by molar-refractivity contribution is 5.70. The molecule has 2 atom stereocenters. The zero-order valence-electron chi connectivity index (χ0n) is 13.5. The molecule has 1 fully saturated rings. The maximum Gasteiger partial charge on any atom is 0.306 e. The average Bonchev–Trinajstić information content (AvgIpc) is 2.83. The van der Waals surface area contributed by atoms with Crippen molar-refractivity contribution in [2.75, 3.05) is 13.1 Å². The second kappa shape index (κ2) is 7.08. The minimum Gasteiger partial charge on any atom is -0.452 e. The lowest BCUT2D eigenvalue weighted by molar-refractivity contribution is -0.163. The molecule has 21 heavy (non-hydrogen) atoms. The second-order valence-electron chi connectivity index (χ2n) is 5.90. The van der Waals surface area contributed by atoms with Crippen molar-refractivity contribution in [1.82, 2.24) is 4.90 Å². The number of likely N-dealkylation sites (tertiary alicyclic amines) is 1. The number of nitrogens with zero attached hydrogens (tertiary/aromatic N) is 1. The highest BCUT2D eigenvalue weighted by atomic mass is 16.6. The lowest BCUT2D eigenvalue weighted by Gasteiger charge is -2.36. The third-order valence-corrected chi connectivity index (χ3v) is 4.64. The minimum absolute atomic E-state index is 0.108. The molecule has 0 radical (unpaired) electrons. The molecule has 3 heteroatoms. The van der Waals surface area contributed by atoms with Crippen molar-refractivity contribution in [2.24, 2.45) is 0 Å². The van der Waals surface area contributed by atoms with Crippen LogP contribution in [0.5, 0.6) is 0 Å². The minimum atomic E-state index is -0.484. The van der Waals surface area contributed by atoms with Gasteiger partial charge in [0.15, 0.2) is 5.60 Å². The Kier molecular flexibility index (Phi) is 5.40. The molecule has 0 N–H and O–H groups in total. The first-order valence-electron chi connectivity index (χ1n) is 8.15. The summed E-state index contributed by atoms with van der Waals surface area (Å²) in [4.78, 5) is 14.4. The molecule has 1 aliphatic rings. The van der Waals surface area contributed by atoms with Gasteiger partial charge in [-0.2, -0.15) is 0 Å². The third kappa shape index (κ3) is 3.29. The van der Waals surface area contributed by atoms with E-state index in [4.69, 9.17) is 4.74 Å². The van der Waals surface area contributed by atoms with Gasteiger partial charge in [-0.05, 0) is 25.5 Å². The van der Waals surface area contributed by atoms with Crippen molar-refractivity contribution in [3.8, 4) is 0 Å². The summed E-state index contributed by atoms with van der Waals surface area (Å²) in [5.74, 6) is -0.108. The summed E-state index contributed by atoms with van der Waals surface area (Å²) in [5.41, 5.74) is 0.639. The average molecular weight is 289 g/mol. The van der Waals surface area contributed by atoms with Gasteiger partial charge in [-0.15, -0.1) is 0 Å². The Labute approximate surface area is 128 Å². The number of ether oxygens (including phenoxy) is 1. The fourth-order valence-corrected chi connectivity index (χ4v) is 3.25. The maximum absolute atomic E-state index is 12.0. The Morgan fingerprint density at radius 2 is 2.05 bits per heavy atom. The molecule has 0 spiro atoms. The van der Waals surface area contributed by atoms with E-state index in [1.807, 2.05) is 25.1 Å². The first-order valence-corrected chi connectivity index (χ1v) is 8.15. The van der Waals surface area contributed by atoms with Gasteiger partial charge in [0.05, 0.1) is 6.04 Å². The first-order chi connectivity index (χ1) is 10.1. The van der Waals surface area contributed by atoms with E-state index in [0.29, 0.717) is 6.42 Å². The van der Waals surface area contributed by atoms with Gasteiger partial charge >= 0.3 is 5.97 Å². The van der Waals surface area contributed by atoms with E-state index in [1.54, 1.807) is 0 Å². The molecule has 1 aliphatic heterocycles. The molecule has 3 nitrogen and oxygen atoms in total. The predicted octanol–water partition coefficient (Wildman–Crippen LogP) is 3.73. The van der Waals surface area contributed by atoms with Crippen molar-refractivity contribution in [3.05, 3.63) is 35.9 Å². The molecule has 0 aromatic heterocycles. The van der Waals surface area contributed by atoms with Crippen LogP contribution in [0.1, 0.15) is 52.0 Å². The van der Waals surface area contributed by atoms with Crippen LogP contribution in [0, 0.1) is 0 Å². The lowest BCUT2D eigenvalue weighted by Crippen LogP contribution is -2.44. The van der Waals surface area contributed by atoms with Crippen LogP contribution in [-0.2, 0) is 15.1 Å². The number of carbonyl (C=O) groups is 1. The smallest absolute Gasteiger partial charge is 0.306 e. The van der Waals surface area contributed by atoms with Crippen LogP contribution >= 0.6 is 0 Å². The molecule has 1 heterocycles. The second-order valence-corrected chi connectivity index (χ2v) is 5.90. The van der Waals surface area contributed by atoms with Crippen molar-refractivity contribution in [2.45, 2.75) is 58.1 Å². The third-order valence-electron chi connectivity index (χ3n) is 4.64. The monoisotopic (exact) mass is 289 g/mol. The van der Waals surface area contributed by atoms with Crippen LogP contribution in [0.4, 0.5) is 0 Å². The van der Waals surface area contributed by atoms with Gasteiger partial charge in [-0.3, -0.25) is 9.69 Å². The fourth-order valence-electron chi connectivity index (χ4n) is 3.25. The summed E-state index contributed by atoms with van der Waals surface area (Å²) < 4.78 is 5.98. The summed E-state index contributed by atoms with van der Waals surface area (Å²) in [6.45, 7) is 8.33. The molecular formula is C18H27NO2. The molecule has 0 saturated carbocycles. The lowest BCUT2D eigenvalue weighted by atomic mass is 9.86. The summed E-state index contributed by atoms with van der Waals surface area (Å²) in [6, 6.07) is 10.5. The van der Waals surface area contributed by atoms with Crippen LogP contribution in [-0.4, -0.2) is 30.0 Å². The van der Waals surface area contributed by atoms with Crippen molar-refractivity contribution >= 4 is 5.97 Å². The van der Waals surface area contributed by atoms with Crippen LogP contribution < -0.4 is 0 Å². The van der Waals surface area contributed by atoms with E-state index in [1.165, 1.54) is 12.8 Å². The molecule has 1 aromatic carbocycles. The molecule has 2 rings (SSSR count). The van der Waals surface area contributed by atoms with Gasteiger partial charge in [0.25, 0.3) is 0 Å². The van der Waals surface area contributed by atoms with Crippen molar-refractivity contribution < 1.29 is 9.53 Å². The molecule has 0 unspecified atom stereocenters. The summed E-state index contributed by atoms with van der Waals surface area (Å²) in [7, 11) is 0. The van der Waals surface area contributed by atoms with Gasteiger partial charge < -0.3 is 4.74 Å². The van der Waals surface area contributed by atoms with Gasteiger partial charge in [0.1, 0.15) is 0 Å². The van der Waals surface area contributed by atoms with E-state index in [0.717, 1.165) is 25.1 Å². The fraction of sp³-hybridized carbons (Fsp3) is 0.611. The number of hydrogen-bond acceptors (Lipinski definition) is 3. The molecular weight excluding hydrogens is 262 g/mol.